The number of Topliss-reactive ketones (excluding diaryl/α,β-unsaturated/α-hetero) is 1. The Kier molecular flexibility index (Phi) is 3.65. The number of fused-ring (bicyclic) bond motifs is 1. The van der Waals surface area contributed by atoms with Crippen molar-refractivity contribution >= 4 is 11.7 Å². The first-order valence-corrected chi connectivity index (χ1v) is 6.16. The molecule has 2 N–H and O–H groups in total. The SMILES string of the molecule is CC(COc1ccc2c(c1)C(=O)CCC2)C(N)=O. The van der Waals surface area contributed by atoms with E-state index in [4.69, 9.17) is 10.5 Å². The molecule has 1 aromatic rings. The van der Waals surface area contributed by atoms with Gasteiger partial charge in [-0.25, -0.2) is 0 Å². The second-order valence-electron chi connectivity index (χ2n) is 4.71. The number of hydrogen-bond donors (Lipinski definition) is 1. The number of carbonyl (C=O) groups excluding carboxylic acids is 2. The maximum atomic E-state index is 11.8. The molecule has 4 heteroatoms. The van der Waals surface area contributed by atoms with E-state index in [1.807, 2.05) is 12.1 Å². The van der Waals surface area contributed by atoms with Crippen LogP contribution in [0, 0.1) is 5.92 Å². The Morgan fingerprint density at radius 2 is 2.22 bits per heavy atom. The predicted octanol–water partition coefficient (Wildman–Crippen LogP) is 1.71. The molecule has 2 rings (SSSR count). The van der Waals surface area contributed by atoms with Gasteiger partial charge >= 0.3 is 0 Å². The summed E-state index contributed by atoms with van der Waals surface area (Å²) in [5, 5.41) is 0. The molecule has 1 aromatic carbocycles. The molecule has 0 aromatic heterocycles. The summed E-state index contributed by atoms with van der Waals surface area (Å²) in [6.45, 7) is 1.95. The van der Waals surface area contributed by atoms with Crippen LogP contribution in [0.15, 0.2) is 18.2 Å². The first-order chi connectivity index (χ1) is 8.58. The van der Waals surface area contributed by atoms with Crippen molar-refractivity contribution in [3.63, 3.8) is 0 Å². The molecule has 0 saturated heterocycles. The molecule has 0 fully saturated rings. The molecule has 0 saturated carbocycles. The molecule has 96 valence electrons. The number of nitrogens with two attached hydrogens (primary N) is 1. The molecule has 1 unspecified atom stereocenters. The van der Waals surface area contributed by atoms with Gasteiger partial charge in [0.15, 0.2) is 5.78 Å². The van der Waals surface area contributed by atoms with Crippen LogP contribution in [0.1, 0.15) is 35.7 Å². The standard InChI is InChI=1S/C14H17NO3/c1-9(14(15)17)8-18-11-6-5-10-3-2-4-13(16)12(10)7-11/h5-7,9H,2-4,8H2,1H3,(H2,15,17). The third-order valence-electron chi connectivity index (χ3n) is 3.22. The molecule has 4 nitrogen and oxygen atoms in total. The molecule has 0 bridgehead atoms. The summed E-state index contributed by atoms with van der Waals surface area (Å²) in [6, 6.07) is 5.53. The Labute approximate surface area is 106 Å². The summed E-state index contributed by atoms with van der Waals surface area (Å²) in [6.07, 6.45) is 2.47. The van der Waals surface area contributed by atoms with Crippen LogP contribution >= 0.6 is 0 Å². The Morgan fingerprint density at radius 1 is 1.44 bits per heavy atom. The van der Waals surface area contributed by atoms with E-state index < -0.39 is 0 Å². The number of ether oxygens (including phenoxy) is 1. The molecule has 1 amide bonds. The van der Waals surface area contributed by atoms with Crippen LogP contribution in [0.3, 0.4) is 0 Å². The topological polar surface area (TPSA) is 69.4 Å². The van der Waals surface area contributed by atoms with Gasteiger partial charge in [-0.15, -0.1) is 0 Å². The maximum Gasteiger partial charge on any atom is 0.223 e. The lowest BCUT2D eigenvalue weighted by Gasteiger charge is -2.16. The third-order valence-corrected chi connectivity index (χ3v) is 3.22. The predicted molar refractivity (Wildman–Crippen MR) is 67.6 cm³/mol. The Balaban J connectivity index is 2.09. The first-order valence-electron chi connectivity index (χ1n) is 6.16. The average Bonchev–Trinajstić information content (AvgIpc) is 2.36. The van der Waals surface area contributed by atoms with Crippen molar-refractivity contribution in [2.45, 2.75) is 26.2 Å². The lowest BCUT2D eigenvalue weighted by Crippen LogP contribution is -2.25. The molecule has 0 aliphatic heterocycles. The molecule has 1 aliphatic rings. The minimum Gasteiger partial charge on any atom is -0.493 e. The van der Waals surface area contributed by atoms with Gasteiger partial charge in [0.1, 0.15) is 5.75 Å². The van der Waals surface area contributed by atoms with Gasteiger partial charge in [-0.3, -0.25) is 9.59 Å². The molecular formula is C14H17NO3. The highest BCUT2D eigenvalue weighted by atomic mass is 16.5. The van der Waals surface area contributed by atoms with E-state index in [-0.39, 0.29) is 24.2 Å². The summed E-state index contributed by atoms with van der Waals surface area (Å²) in [5.74, 6) is 0.0718. The van der Waals surface area contributed by atoms with E-state index in [9.17, 15) is 9.59 Å². The van der Waals surface area contributed by atoms with Crippen LogP contribution in [-0.2, 0) is 11.2 Å². The number of benzene rings is 1. The van der Waals surface area contributed by atoms with E-state index in [1.165, 1.54) is 0 Å². The summed E-state index contributed by atoms with van der Waals surface area (Å²) >= 11 is 0. The van der Waals surface area contributed by atoms with Gasteiger partial charge in [0.25, 0.3) is 0 Å². The van der Waals surface area contributed by atoms with Crippen molar-refractivity contribution in [1.82, 2.24) is 0 Å². The highest BCUT2D eigenvalue weighted by molar-refractivity contribution is 5.98. The largest absolute Gasteiger partial charge is 0.493 e. The smallest absolute Gasteiger partial charge is 0.223 e. The summed E-state index contributed by atoms with van der Waals surface area (Å²) < 4.78 is 5.49. The maximum absolute atomic E-state index is 11.8. The third kappa shape index (κ3) is 2.70. The Hall–Kier alpha value is -1.84. The highest BCUT2D eigenvalue weighted by Crippen LogP contribution is 2.25. The zero-order valence-corrected chi connectivity index (χ0v) is 10.4. The number of primary amides is 1. The van der Waals surface area contributed by atoms with E-state index in [1.54, 1.807) is 13.0 Å². The fourth-order valence-electron chi connectivity index (χ4n) is 2.00. The first kappa shape index (κ1) is 12.6. The van der Waals surface area contributed by atoms with Crippen molar-refractivity contribution in [2.75, 3.05) is 6.61 Å². The number of ketones is 1. The van der Waals surface area contributed by atoms with E-state index in [0.29, 0.717) is 12.2 Å². The normalized spacial score (nSPS) is 15.9. The van der Waals surface area contributed by atoms with Crippen molar-refractivity contribution < 1.29 is 14.3 Å². The van der Waals surface area contributed by atoms with Crippen LogP contribution in [0.4, 0.5) is 0 Å². The van der Waals surface area contributed by atoms with Crippen LogP contribution in [0.25, 0.3) is 0 Å². The summed E-state index contributed by atoms with van der Waals surface area (Å²) in [5.41, 5.74) is 7.00. The lowest BCUT2D eigenvalue weighted by molar-refractivity contribution is -0.122. The van der Waals surface area contributed by atoms with Crippen LogP contribution < -0.4 is 10.5 Å². The van der Waals surface area contributed by atoms with Gasteiger partial charge < -0.3 is 10.5 Å². The molecule has 1 atom stereocenters. The van der Waals surface area contributed by atoms with Crippen LogP contribution in [0.2, 0.25) is 0 Å². The monoisotopic (exact) mass is 247 g/mol. The van der Waals surface area contributed by atoms with Crippen molar-refractivity contribution in [2.24, 2.45) is 11.7 Å². The summed E-state index contributed by atoms with van der Waals surface area (Å²) in [4.78, 5) is 22.6. The fraction of sp³-hybridized carbons (Fsp3) is 0.429. The Morgan fingerprint density at radius 3 is 2.94 bits per heavy atom. The van der Waals surface area contributed by atoms with E-state index >= 15 is 0 Å². The molecular weight excluding hydrogens is 230 g/mol. The van der Waals surface area contributed by atoms with Gasteiger partial charge in [-0.2, -0.15) is 0 Å². The second-order valence-corrected chi connectivity index (χ2v) is 4.71. The van der Waals surface area contributed by atoms with Crippen molar-refractivity contribution in [3.8, 4) is 5.75 Å². The average molecular weight is 247 g/mol. The fourth-order valence-corrected chi connectivity index (χ4v) is 2.00. The van der Waals surface area contributed by atoms with Crippen LogP contribution in [-0.4, -0.2) is 18.3 Å². The molecule has 18 heavy (non-hydrogen) atoms. The van der Waals surface area contributed by atoms with Crippen molar-refractivity contribution in [3.05, 3.63) is 29.3 Å². The number of amides is 1. The minimum atomic E-state index is -0.385. The van der Waals surface area contributed by atoms with E-state index in [2.05, 4.69) is 0 Å². The second kappa shape index (κ2) is 5.21. The van der Waals surface area contributed by atoms with Crippen LogP contribution in [0.5, 0.6) is 5.75 Å². The van der Waals surface area contributed by atoms with Crippen molar-refractivity contribution in [1.29, 1.82) is 0 Å². The molecule has 0 spiro atoms. The van der Waals surface area contributed by atoms with Gasteiger partial charge in [-0.1, -0.05) is 13.0 Å². The van der Waals surface area contributed by atoms with Gasteiger partial charge in [-0.05, 0) is 30.5 Å². The lowest BCUT2D eigenvalue weighted by atomic mass is 9.90. The number of rotatable bonds is 4. The Bertz CT molecular complexity index is 482. The zero-order chi connectivity index (χ0) is 13.1. The zero-order valence-electron chi connectivity index (χ0n) is 10.4. The minimum absolute atomic E-state index is 0.171. The number of hydrogen-bond acceptors (Lipinski definition) is 3. The quantitative estimate of drug-likeness (QED) is 0.880. The van der Waals surface area contributed by atoms with E-state index in [0.717, 1.165) is 24.0 Å². The van der Waals surface area contributed by atoms with Gasteiger partial charge in [0.2, 0.25) is 5.91 Å². The van der Waals surface area contributed by atoms with Gasteiger partial charge in [0.05, 0.1) is 12.5 Å². The highest BCUT2D eigenvalue weighted by Gasteiger charge is 2.18. The summed E-state index contributed by atoms with van der Waals surface area (Å²) in [7, 11) is 0. The van der Waals surface area contributed by atoms with Gasteiger partial charge in [0, 0.05) is 12.0 Å². The number of aryl methyl sites for hydroxylation is 1. The molecule has 0 heterocycles. The number of carbonyl (C=O) groups is 2. The molecule has 1 aliphatic carbocycles. The molecule has 0 radical (unpaired) electrons.